The number of halogens is 1. The van der Waals surface area contributed by atoms with Gasteiger partial charge in [-0.1, -0.05) is 18.2 Å². The van der Waals surface area contributed by atoms with Gasteiger partial charge in [0.2, 0.25) is 0 Å². The third-order valence-corrected chi connectivity index (χ3v) is 2.67. The molecule has 2 unspecified atom stereocenters. The fourth-order valence-electron chi connectivity index (χ4n) is 1.52. The maximum atomic E-state index is 11.3. The zero-order valence-electron chi connectivity index (χ0n) is 9.72. The number of nitrogens with one attached hydrogen (secondary N) is 1. The van der Waals surface area contributed by atoms with E-state index in [1.807, 2.05) is 0 Å². The van der Waals surface area contributed by atoms with Crippen LogP contribution >= 0.6 is 11.6 Å². The summed E-state index contributed by atoms with van der Waals surface area (Å²) in [5, 5.41) is 2.37. The maximum Gasteiger partial charge on any atom is 0.333 e. The molecular weight excluding hydrogens is 230 g/mol. The van der Waals surface area contributed by atoms with E-state index in [-0.39, 0.29) is 6.10 Å². The van der Waals surface area contributed by atoms with Gasteiger partial charge in [0.05, 0.1) is 6.61 Å². The average Bonchev–Trinajstić information content (AvgIpc) is 2.17. The molecule has 1 N–H and O–H groups in total. The molecule has 0 aliphatic carbocycles. The van der Waals surface area contributed by atoms with E-state index in [0.29, 0.717) is 25.1 Å². The van der Waals surface area contributed by atoms with Gasteiger partial charge in [-0.3, -0.25) is 0 Å². The van der Waals surface area contributed by atoms with E-state index in [1.165, 1.54) is 0 Å². The largest absolute Gasteiger partial charge is 0.459 e. The lowest BCUT2D eigenvalue weighted by Gasteiger charge is -2.33. The number of rotatable bonds is 4. The van der Waals surface area contributed by atoms with Crippen LogP contribution in [0.2, 0.25) is 0 Å². The first-order valence-corrected chi connectivity index (χ1v) is 5.71. The molecule has 1 aliphatic rings. The van der Waals surface area contributed by atoms with Gasteiger partial charge in [-0.15, -0.1) is 0 Å². The van der Waals surface area contributed by atoms with Crippen molar-refractivity contribution in [3.8, 4) is 0 Å². The van der Waals surface area contributed by atoms with Crippen molar-refractivity contribution < 1.29 is 14.3 Å². The Balaban J connectivity index is 2.40. The van der Waals surface area contributed by atoms with Crippen LogP contribution in [-0.2, 0) is 14.3 Å². The quantitative estimate of drug-likeness (QED) is 0.464. The molecule has 16 heavy (non-hydrogen) atoms. The van der Waals surface area contributed by atoms with Gasteiger partial charge in [0, 0.05) is 25.1 Å². The van der Waals surface area contributed by atoms with Crippen molar-refractivity contribution in [2.75, 3.05) is 19.7 Å². The summed E-state index contributed by atoms with van der Waals surface area (Å²) in [4.78, 5) is 11.3. The summed E-state index contributed by atoms with van der Waals surface area (Å²) in [5.41, 5.74) is 0.387. The van der Waals surface area contributed by atoms with Crippen LogP contribution in [0, 0.1) is 0 Å². The zero-order chi connectivity index (χ0) is 12.2. The summed E-state index contributed by atoms with van der Waals surface area (Å²) in [7, 11) is 0. The Morgan fingerprint density at radius 2 is 2.44 bits per heavy atom. The Hall–Kier alpha value is -0.580. The van der Waals surface area contributed by atoms with Gasteiger partial charge in [0.15, 0.2) is 5.06 Å². The van der Waals surface area contributed by atoms with Gasteiger partial charge >= 0.3 is 5.97 Å². The van der Waals surface area contributed by atoms with E-state index >= 15 is 0 Å². The lowest BCUT2D eigenvalue weighted by Crippen LogP contribution is -2.47. The molecule has 0 amide bonds. The molecule has 1 saturated heterocycles. The second kappa shape index (κ2) is 5.66. The molecule has 1 heterocycles. The Morgan fingerprint density at radius 3 is 2.94 bits per heavy atom. The molecule has 0 spiro atoms. The minimum Gasteiger partial charge on any atom is -0.459 e. The van der Waals surface area contributed by atoms with Gasteiger partial charge in [0.1, 0.15) is 6.10 Å². The van der Waals surface area contributed by atoms with E-state index in [1.54, 1.807) is 13.8 Å². The van der Waals surface area contributed by atoms with Gasteiger partial charge in [0.25, 0.3) is 0 Å². The number of carbonyl (C=O) groups is 1. The second-order valence-electron chi connectivity index (χ2n) is 4.11. The normalized spacial score (nSPS) is 27.2. The van der Waals surface area contributed by atoms with Gasteiger partial charge in [-0.05, 0) is 13.8 Å². The van der Waals surface area contributed by atoms with Crippen LogP contribution in [0.15, 0.2) is 12.2 Å². The third kappa shape index (κ3) is 4.12. The van der Waals surface area contributed by atoms with Gasteiger partial charge < -0.3 is 14.8 Å². The number of alkyl halides is 1. The Morgan fingerprint density at radius 1 is 1.75 bits per heavy atom. The fourth-order valence-corrected chi connectivity index (χ4v) is 1.91. The molecule has 5 heteroatoms. The minimum absolute atomic E-state index is 0.290. The van der Waals surface area contributed by atoms with Crippen molar-refractivity contribution in [2.24, 2.45) is 0 Å². The summed E-state index contributed by atoms with van der Waals surface area (Å²) < 4.78 is 10.6. The molecule has 1 aliphatic heterocycles. The highest BCUT2D eigenvalue weighted by Crippen LogP contribution is 2.25. The van der Waals surface area contributed by atoms with E-state index in [0.717, 1.165) is 6.54 Å². The number of hydrogen-bond donors (Lipinski definition) is 1. The van der Waals surface area contributed by atoms with Crippen molar-refractivity contribution in [1.29, 1.82) is 0 Å². The summed E-state index contributed by atoms with van der Waals surface area (Å²) in [5.74, 6) is -0.392. The topological polar surface area (TPSA) is 47.6 Å². The van der Waals surface area contributed by atoms with E-state index in [9.17, 15) is 4.79 Å². The first-order chi connectivity index (χ1) is 7.43. The molecular formula is C11H18ClNO3. The summed E-state index contributed by atoms with van der Waals surface area (Å²) in [6.45, 7) is 8.86. The van der Waals surface area contributed by atoms with Crippen LogP contribution in [0.5, 0.6) is 0 Å². The number of hydrogen-bond acceptors (Lipinski definition) is 4. The monoisotopic (exact) mass is 247 g/mol. The maximum absolute atomic E-state index is 11.3. The zero-order valence-corrected chi connectivity index (χ0v) is 10.5. The lowest BCUT2D eigenvalue weighted by molar-refractivity contribution is -0.146. The smallest absolute Gasteiger partial charge is 0.333 e. The van der Waals surface area contributed by atoms with Crippen LogP contribution in [-0.4, -0.2) is 36.8 Å². The van der Waals surface area contributed by atoms with Crippen molar-refractivity contribution >= 4 is 17.6 Å². The SMILES string of the molecule is C=C(C)C(=O)OC(C)CC1(Cl)CNCCO1. The Labute approximate surface area is 101 Å². The van der Waals surface area contributed by atoms with Gasteiger partial charge in [-0.2, -0.15) is 0 Å². The van der Waals surface area contributed by atoms with Crippen LogP contribution in [0.25, 0.3) is 0 Å². The molecule has 1 rings (SSSR count). The molecule has 0 aromatic carbocycles. The molecule has 0 aromatic rings. The molecule has 0 bridgehead atoms. The van der Waals surface area contributed by atoms with Crippen LogP contribution in [0.1, 0.15) is 20.3 Å². The predicted molar refractivity (Wildman–Crippen MR) is 62.4 cm³/mol. The highest BCUT2D eigenvalue weighted by Gasteiger charge is 2.33. The number of carbonyl (C=O) groups excluding carboxylic acids is 1. The molecule has 0 radical (unpaired) electrons. The number of esters is 1. The minimum atomic E-state index is -0.771. The number of morpholine rings is 1. The van der Waals surface area contributed by atoms with Crippen LogP contribution in [0.4, 0.5) is 0 Å². The van der Waals surface area contributed by atoms with Crippen molar-refractivity contribution in [3.05, 3.63) is 12.2 Å². The van der Waals surface area contributed by atoms with E-state index < -0.39 is 11.0 Å². The van der Waals surface area contributed by atoms with E-state index in [4.69, 9.17) is 21.1 Å². The highest BCUT2D eigenvalue weighted by molar-refractivity contribution is 6.23. The van der Waals surface area contributed by atoms with Crippen LogP contribution < -0.4 is 5.32 Å². The molecule has 2 atom stereocenters. The molecule has 0 saturated carbocycles. The molecule has 4 nitrogen and oxygen atoms in total. The summed E-state index contributed by atoms with van der Waals surface area (Å²) in [6.07, 6.45) is 0.169. The number of ether oxygens (including phenoxy) is 2. The Bertz CT molecular complexity index is 274. The van der Waals surface area contributed by atoms with E-state index in [2.05, 4.69) is 11.9 Å². The Kier molecular flexibility index (Phi) is 4.77. The first kappa shape index (κ1) is 13.5. The molecule has 0 aromatic heterocycles. The average molecular weight is 248 g/mol. The second-order valence-corrected chi connectivity index (χ2v) is 4.80. The van der Waals surface area contributed by atoms with Crippen molar-refractivity contribution in [3.63, 3.8) is 0 Å². The standard InChI is InChI=1S/C11H18ClNO3/c1-8(2)10(14)16-9(3)6-11(12)7-13-4-5-15-11/h9,13H,1,4-7H2,2-3H3. The first-order valence-electron chi connectivity index (χ1n) is 5.33. The molecule has 1 fully saturated rings. The van der Waals surface area contributed by atoms with Crippen molar-refractivity contribution in [1.82, 2.24) is 5.32 Å². The van der Waals surface area contributed by atoms with Crippen molar-refractivity contribution in [2.45, 2.75) is 31.4 Å². The van der Waals surface area contributed by atoms with Crippen LogP contribution in [0.3, 0.4) is 0 Å². The summed E-state index contributed by atoms with van der Waals surface area (Å²) in [6, 6.07) is 0. The third-order valence-electron chi connectivity index (χ3n) is 2.28. The van der Waals surface area contributed by atoms with Gasteiger partial charge in [-0.25, -0.2) is 4.79 Å². The fraction of sp³-hybridized carbons (Fsp3) is 0.727. The molecule has 92 valence electrons. The lowest BCUT2D eigenvalue weighted by atomic mass is 10.1. The summed E-state index contributed by atoms with van der Waals surface area (Å²) >= 11 is 6.23. The highest BCUT2D eigenvalue weighted by atomic mass is 35.5. The predicted octanol–water partition coefficient (Wildman–Crippen LogP) is 1.44.